The fraction of sp³-hybridized carbons (Fsp3) is 0.429. The molecule has 0 aromatic heterocycles. The third kappa shape index (κ3) is 3.73. The lowest BCUT2D eigenvalue weighted by molar-refractivity contribution is 0.219. The van der Waals surface area contributed by atoms with Crippen LogP contribution in [0.5, 0.6) is 0 Å². The monoisotopic (exact) mass is 375 g/mol. The summed E-state index contributed by atoms with van der Waals surface area (Å²) in [5, 5.41) is 9.08. The number of aliphatic hydroxyl groups is 1. The van der Waals surface area contributed by atoms with Crippen LogP contribution in [0.4, 0.5) is 0 Å². The highest BCUT2D eigenvalue weighted by Crippen LogP contribution is 2.28. The van der Waals surface area contributed by atoms with Crippen LogP contribution in [0.1, 0.15) is 12.0 Å². The molecule has 2 rings (SSSR count). The van der Waals surface area contributed by atoms with Gasteiger partial charge in [-0.15, -0.1) is 0 Å². The zero-order valence-corrected chi connectivity index (χ0v) is 14.2. The number of aliphatic hydroxyl groups excluding tert-OH is 1. The predicted octanol–water partition coefficient (Wildman–Crippen LogP) is 1.91. The van der Waals surface area contributed by atoms with E-state index in [1.54, 1.807) is 19.2 Å². The molecule has 1 N–H and O–H groups in total. The van der Waals surface area contributed by atoms with Gasteiger partial charge in [-0.05, 0) is 45.6 Å². The van der Waals surface area contributed by atoms with E-state index in [9.17, 15) is 8.42 Å². The number of ether oxygens (including phenoxy) is 1. The summed E-state index contributed by atoms with van der Waals surface area (Å²) in [6.45, 7) is 1.23. The van der Waals surface area contributed by atoms with Crippen LogP contribution in [0.15, 0.2) is 39.2 Å². The summed E-state index contributed by atoms with van der Waals surface area (Å²) < 4.78 is 32.3. The standard InChI is InChI=1S/C14H18BrNO4S/c1-20-10-11-4-6-16(7-5-11)21(18,19)14-3-2-12(9-17)8-13(14)15/h2-4,8,17H,5-7,9-10H2,1H3. The molecule has 0 atom stereocenters. The molecule has 1 aromatic carbocycles. The molecule has 0 unspecified atom stereocenters. The molecule has 5 nitrogen and oxygen atoms in total. The molecule has 0 aliphatic carbocycles. The highest BCUT2D eigenvalue weighted by Gasteiger charge is 2.27. The van der Waals surface area contributed by atoms with Crippen LogP contribution in [0, 0.1) is 0 Å². The van der Waals surface area contributed by atoms with Gasteiger partial charge in [-0.1, -0.05) is 12.1 Å². The van der Waals surface area contributed by atoms with Crippen molar-refractivity contribution in [3.63, 3.8) is 0 Å². The lowest BCUT2D eigenvalue weighted by atomic mass is 10.1. The van der Waals surface area contributed by atoms with Crippen molar-refractivity contribution in [1.82, 2.24) is 4.31 Å². The molecule has 1 aliphatic heterocycles. The summed E-state index contributed by atoms with van der Waals surface area (Å²) in [6.07, 6.45) is 2.58. The van der Waals surface area contributed by atoms with Gasteiger partial charge < -0.3 is 9.84 Å². The molecular weight excluding hydrogens is 358 g/mol. The maximum atomic E-state index is 12.6. The first-order valence-corrected chi connectivity index (χ1v) is 8.78. The maximum Gasteiger partial charge on any atom is 0.244 e. The number of sulfonamides is 1. The van der Waals surface area contributed by atoms with Gasteiger partial charge in [0.05, 0.1) is 18.1 Å². The first-order valence-electron chi connectivity index (χ1n) is 6.55. The summed E-state index contributed by atoms with van der Waals surface area (Å²) >= 11 is 3.27. The fourth-order valence-electron chi connectivity index (χ4n) is 2.22. The second kappa shape index (κ2) is 7.02. The van der Waals surface area contributed by atoms with Crippen molar-refractivity contribution >= 4 is 26.0 Å². The minimum Gasteiger partial charge on any atom is -0.392 e. The van der Waals surface area contributed by atoms with Gasteiger partial charge in [0.15, 0.2) is 0 Å². The van der Waals surface area contributed by atoms with Gasteiger partial charge in [0.1, 0.15) is 0 Å². The number of methoxy groups -OCH3 is 1. The van der Waals surface area contributed by atoms with Crippen LogP contribution in [-0.4, -0.2) is 44.6 Å². The molecule has 0 spiro atoms. The van der Waals surface area contributed by atoms with Crippen LogP contribution >= 0.6 is 15.9 Å². The Morgan fingerprint density at radius 2 is 2.19 bits per heavy atom. The first-order chi connectivity index (χ1) is 9.98. The van der Waals surface area contributed by atoms with Gasteiger partial charge in [-0.25, -0.2) is 8.42 Å². The van der Waals surface area contributed by atoms with Crippen LogP contribution < -0.4 is 0 Å². The van der Waals surface area contributed by atoms with E-state index in [0.717, 1.165) is 5.57 Å². The summed E-state index contributed by atoms with van der Waals surface area (Å²) in [5.74, 6) is 0. The molecule has 0 amide bonds. The molecule has 0 saturated carbocycles. The minimum absolute atomic E-state index is 0.119. The molecule has 0 bridgehead atoms. The number of halogens is 1. The van der Waals surface area contributed by atoms with Crippen LogP contribution in [0.3, 0.4) is 0 Å². The second-order valence-electron chi connectivity index (χ2n) is 4.83. The summed E-state index contributed by atoms with van der Waals surface area (Å²) in [6, 6.07) is 4.77. The Morgan fingerprint density at radius 3 is 2.71 bits per heavy atom. The topological polar surface area (TPSA) is 66.8 Å². The van der Waals surface area contributed by atoms with E-state index in [1.807, 2.05) is 6.08 Å². The van der Waals surface area contributed by atoms with Crippen molar-refractivity contribution in [2.45, 2.75) is 17.9 Å². The maximum absolute atomic E-state index is 12.6. The number of rotatable bonds is 5. The van der Waals surface area contributed by atoms with E-state index < -0.39 is 10.0 Å². The van der Waals surface area contributed by atoms with E-state index in [0.29, 0.717) is 36.2 Å². The fourth-order valence-corrected chi connectivity index (χ4v) is 4.68. The highest BCUT2D eigenvalue weighted by molar-refractivity contribution is 9.10. The lowest BCUT2D eigenvalue weighted by Gasteiger charge is -2.26. The predicted molar refractivity (Wildman–Crippen MR) is 83.4 cm³/mol. The van der Waals surface area contributed by atoms with E-state index in [2.05, 4.69) is 15.9 Å². The van der Waals surface area contributed by atoms with Crippen molar-refractivity contribution < 1.29 is 18.3 Å². The molecule has 0 saturated heterocycles. The molecule has 1 aromatic rings. The lowest BCUT2D eigenvalue weighted by Crippen LogP contribution is -2.35. The first kappa shape index (κ1) is 16.6. The van der Waals surface area contributed by atoms with Crippen LogP contribution in [-0.2, 0) is 21.4 Å². The van der Waals surface area contributed by atoms with Gasteiger partial charge in [0.25, 0.3) is 0 Å². The molecule has 7 heteroatoms. The van der Waals surface area contributed by atoms with Gasteiger partial charge in [-0.3, -0.25) is 0 Å². The van der Waals surface area contributed by atoms with Crippen molar-refractivity contribution in [2.24, 2.45) is 0 Å². The number of hydrogen-bond acceptors (Lipinski definition) is 4. The van der Waals surface area contributed by atoms with Crippen LogP contribution in [0.25, 0.3) is 0 Å². The third-order valence-electron chi connectivity index (χ3n) is 3.39. The minimum atomic E-state index is -3.54. The average molecular weight is 376 g/mol. The number of hydrogen-bond donors (Lipinski definition) is 1. The highest BCUT2D eigenvalue weighted by atomic mass is 79.9. The van der Waals surface area contributed by atoms with Crippen molar-refractivity contribution in [1.29, 1.82) is 0 Å². The summed E-state index contributed by atoms with van der Waals surface area (Å²) in [4.78, 5) is 0.225. The van der Waals surface area contributed by atoms with E-state index in [4.69, 9.17) is 9.84 Å². The number of nitrogens with zero attached hydrogens (tertiary/aromatic N) is 1. The van der Waals surface area contributed by atoms with Gasteiger partial charge in [0, 0.05) is 24.7 Å². The van der Waals surface area contributed by atoms with Crippen molar-refractivity contribution in [3.05, 3.63) is 39.9 Å². The summed E-state index contributed by atoms with van der Waals surface area (Å²) in [5.41, 5.74) is 1.79. The molecule has 1 aliphatic rings. The van der Waals surface area contributed by atoms with Crippen molar-refractivity contribution in [3.8, 4) is 0 Å². The Labute approximate surface area is 133 Å². The smallest absolute Gasteiger partial charge is 0.244 e. The Balaban J connectivity index is 2.23. The normalized spacial score (nSPS) is 16.8. The van der Waals surface area contributed by atoms with Gasteiger partial charge in [0.2, 0.25) is 10.0 Å². The Kier molecular flexibility index (Phi) is 5.56. The third-order valence-corrected chi connectivity index (χ3v) is 6.23. The van der Waals surface area contributed by atoms with Crippen LogP contribution in [0.2, 0.25) is 0 Å². The quantitative estimate of drug-likeness (QED) is 0.798. The Bertz CT molecular complexity index is 642. The molecular formula is C14H18BrNO4S. The zero-order valence-electron chi connectivity index (χ0n) is 11.8. The Morgan fingerprint density at radius 1 is 1.43 bits per heavy atom. The van der Waals surface area contributed by atoms with E-state index in [1.165, 1.54) is 10.4 Å². The Hall–Kier alpha value is -0.730. The second-order valence-corrected chi connectivity index (χ2v) is 7.59. The molecule has 116 valence electrons. The zero-order chi connectivity index (χ0) is 15.5. The average Bonchev–Trinajstić information content (AvgIpc) is 2.47. The molecule has 21 heavy (non-hydrogen) atoms. The summed E-state index contributed by atoms with van der Waals surface area (Å²) in [7, 11) is -1.91. The molecule has 0 fully saturated rings. The van der Waals surface area contributed by atoms with E-state index in [-0.39, 0.29) is 11.5 Å². The van der Waals surface area contributed by atoms with Gasteiger partial charge in [-0.2, -0.15) is 4.31 Å². The van der Waals surface area contributed by atoms with E-state index >= 15 is 0 Å². The molecule has 0 radical (unpaired) electrons. The molecule has 1 heterocycles. The largest absolute Gasteiger partial charge is 0.392 e. The number of benzene rings is 1. The van der Waals surface area contributed by atoms with Crippen molar-refractivity contribution in [2.75, 3.05) is 26.8 Å². The SMILES string of the molecule is COCC1=CCN(S(=O)(=O)c2ccc(CO)cc2Br)CC1. The van der Waals surface area contributed by atoms with Gasteiger partial charge >= 0.3 is 0 Å².